The highest BCUT2D eigenvalue weighted by molar-refractivity contribution is 8.13. The molecule has 0 heterocycles. The van der Waals surface area contributed by atoms with Crippen LogP contribution in [0.3, 0.4) is 0 Å². The van der Waals surface area contributed by atoms with Crippen LogP contribution in [0.5, 0.6) is 0 Å². The minimum atomic E-state index is -3.68. The Labute approximate surface area is 183 Å². The van der Waals surface area contributed by atoms with Gasteiger partial charge in [-0.15, -0.1) is 0 Å². The van der Waals surface area contributed by atoms with Gasteiger partial charge in [-0.2, -0.15) is 0 Å². The van der Waals surface area contributed by atoms with E-state index in [1.54, 1.807) is 12.1 Å². The number of rotatable bonds is 17. The quantitative estimate of drug-likeness (QED) is 0.202. The Balaban J connectivity index is 2.07. The molecule has 5 heteroatoms. The average molecular weight is 445 g/mol. The Bertz CT molecular complexity index is 658. The minimum absolute atomic E-state index is 0.126. The van der Waals surface area contributed by atoms with Crippen LogP contribution in [-0.4, -0.2) is 19.6 Å². The van der Waals surface area contributed by atoms with Gasteiger partial charge >= 0.3 is 0 Å². The van der Waals surface area contributed by atoms with Crippen molar-refractivity contribution in [2.24, 2.45) is 0 Å². The highest BCUT2D eigenvalue weighted by Gasteiger charge is 2.15. The fourth-order valence-corrected chi connectivity index (χ4v) is 5.00. The van der Waals surface area contributed by atoms with E-state index in [1.165, 1.54) is 44.9 Å². The molecule has 0 amide bonds. The standard InChI is InChI=1S/C24H41ClO3S/c1-3-4-5-6-10-13-16-23(26)17-14-11-8-7-9-12-15-22-20-21(2)18-19-24(22)29(25,27)28/h18-20,23,26H,3-17H2,1-2H3. The van der Waals surface area contributed by atoms with Gasteiger partial charge in [0.2, 0.25) is 0 Å². The lowest BCUT2D eigenvalue weighted by Gasteiger charge is -2.10. The Kier molecular flexibility index (Phi) is 13.9. The van der Waals surface area contributed by atoms with E-state index in [1.807, 2.05) is 13.0 Å². The first-order valence-corrected chi connectivity index (χ1v) is 13.9. The summed E-state index contributed by atoms with van der Waals surface area (Å²) in [5.41, 5.74) is 1.89. The molecule has 0 aliphatic heterocycles. The van der Waals surface area contributed by atoms with E-state index in [0.717, 1.165) is 62.5 Å². The largest absolute Gasteiger partial charge is 0.393 e. The molecule has 0 aromatic heterocycles. The van der Waals surface area contributed by atoms with E-state index in [9.17, 15) is 13.5 Å². The van der Waals surface area contributed by atoms with Crippen molar-refractivity contribution >= 4 is 19.7 Å². The van der Waals surface area contributed by atoms with Crippen molar-refractivity contribution in [1.82, 2.24) is 0 Å². The predicted molar refractivity (Wildman–Crippen MR) is 124 cm³/mol. The molecule has 0 saturated heterocycles. The Hall–Kier alpha value is -0.580. The van der Waals surface area contributed by atoms with Crippen molar-refractivity contribution in [2.45, 2.75) is 121 Å². The SMILES string of the molecule is CCCCCCCCC(O)CCCCCCCCc1cc(C)ccc1S(=O)(=O)Cl. The first-order valence-electron chi connectivity index (χ1n) is 11.6. The molecule has 1 aromatic carbocycles. The summed E-state index contributed by atoms with van der Waals surface area (Å²) in [5.74, 6) is 0. The zero-order chi connectivity index (χ0) is 21.5. The summed E-state index contributed by atoms with van der Waals surface area (Å²) in [5, 5.41) is 10.1. The first kappa shape index (κ1) is 26.5. The Morgan fingerprint density at radius 3 is 1.93 bits per heavy atom. The van der Waals surface area contributed by atoms with Gasteiger partial charge in [-0.3, -0.25) is 0 Å². The van der Waals surface area contributed by atoms with Gasteiger partial charge in [0.15, 0.2) is 0 Å². The summed E-state index contributed by atoms with van der Waals surface area (Å²) < 4.78 is 23.4. The molecule has 0 spiro atoms. The zero-order valence-corrected chi connectivity index (χ0v) is 20.0. The maximum Gasteiger partial charge on any atom is 0.261 e. The fourth-order valence-electron chi connectivity index (χ4n) is 3.85. The monoisotopic (exact) mass is 444 g/mol. The molecule has 1 unspecified atom stereocenters. The van der Waals surface area contributed by atoms with E-state index in [-0.39, 0.29) is 11.0 Å². The first-order chi connectivity index (χ1) is 13.8. The van der Waals surface area contributed by atoms with Gasteiger partial charge in [0.05, 0.1) is 11.0 Å². The van der Waals surface area contributed by atoms with Crippen LogP contribution >= 0.6 is 10.7 Å². The predicted octanol–water partition coefficient (Wildman–Crippen LogP) is 7.31. The molecule has 0 radical (unpaired) electrons. The smallest absolute Gasteiger partial charge is 0.261 e. The molecule has 1 N–H and O–H groups in total. The van der Waals surface area contributed by atoms with Gasteiger partial charge in [-0.05, 0) is 44.2 Å². The Morgan fingerprint density at radius 2 is 1.38 bits per heavy atom. The summed E-state index contributed by atoms with van der Waals surface area (Å²) in [6, 6.07) is 5.34. The van der Waals surface area contributed by atoms with Crippen molar-refractivity contribution in [3.63, 3.8) is 0 Å². The van der Waals surface area contributed by atoms with Crippen LogP contribution in [-0.2, 0) is 15.5 Å². The topological polar surface area (TPSA) is 54.4 Å². The van der Waals surface area contributed by atoms with E-state index < -0.39 is 9.05 Å². The van der Waals surface area contributed by atoms with E-state index in [4.69, 9.17) is 10.7 Å². The van der Waals surface area contributed by atoms with E-state index in [2.05, 4.69) is 6.92 Å². The molecule has 0 aliphatic carbocycles. The van der Waals surface area contributed by atoms with Gasteiger partial charge in [0.1, 0.15) is 0 Å². The highest BCUT2D eigenvalue weighted by atomic mass is 35.7. The molecule has 1 atom stereocenters. The van der Waals surface area contributed by atoms with E-state index in [0.29, 0.717) is 0 Å². The van der Waals surface area contributed by atoms with Gasteiger partial charge in [0, 0.05) is 10.7 Å². The molecular formula is C24H41ClO3S. The summed E-state index contributed by atoms with van der Waals surface area (Å²) in [6.07, 6.45) is 16.8. The van der Waals surface area contributed by atoms with Gasteiger partial charge < -0.3 is 5.11 Å². The molecule has 0 saturated carbocycles. The van der Waals surface area contributed by atoms with Crippen molar-refractivity contribution in [1.29, 1.82) is 0 Å². The number of aliphatic hydroxyl groups is 1. The molecule has 0 aliphatic rings. The second kappa shape index (κ2) is 15.3. The van der Waals surface area contributed by atoms with Crippen LogP contribution in [0.1, 0.15) is 108 Å². The van der Waals surface area contributed by atoms with Gasteiger partial charge in [-0.25, -0.2) is 8.42 Å². The van der Waals surface area contributed by atoms with Gasteiger partial charge in [-0.1, -0.05) is 95.2 Å². The van der Waals surface area contributed by atoms with Crippen LogP contribution < -0.4 is 0 Å². The van der Waals surface area contributed by atoms with Crippen molar-refractivity contribution in [2.75, 3.05) is 0 Å². The molecule has 1 rings (SSSR count). The summed E-state index contributed by atoms with van der Waals surface area (Å²) in [6.45, 7) is 4.20. The second-order valence-electron chi connectivity index (χ2n) is 8.42. The summed E-state index contributed by atoms with van der Waals surface area (Å²) >= 11 is 0. The second-order valence-corrected chi connectivity index (χ2v) is 11.0. The van der Waals surface area contributed by atoms with Crippen LogP contribution in [0.25, 0.3) is 0 Å². The number of halogens is 1. The Morgan fingerprint density at radius 1 is 0.862 bits per heavy atom. The van der Waals surface area contributed by atoms with Crippen LogP contribution in [0.2, 0.25) is 0 Å². The maximum absolute atomic E-state index is 11.7. The number of unbranched alkanes of at least 4 members (excludes halogenated alkanes) is 10. The third-order valence-electron chi connectivity index (χ3n) is 5.60. The molecule has 29 heavy (non-hydrogen) atoms. The van der Waals surface area contributed by atoms with E-state index >= 15 is 0 Å². The zero-order valence-electron chi connectivity index (χ0n) is 18.5. The number of aliphatic hydroxyl groups excluding tert-OH is 1. The minimum Gasteiger partial charge on any atom is -0.393 e. The summed E-state index contributed by atoms with van der Waals surface area (Å²) in [4.78, 5) is 0.254. The number of benzene rings is 1. The third kappa shape index (κ3) is 12.7. The molecule has 0 fully saturated rings. The summed E-state index contributed by atoms with van der Waals surface area (Å²) in [7, 11) is 1.87. The number of hydrogen-bond acceptors (Lipinski definition) is 3. The molecular weight excluding hydrogens is 404 g/mol. The third-order valence-corrected chi connectivity index (χ3v) is 7.03. The molecule has 1 aromatic rings. The normalized spacial score (nSPS) is 13.0. The number of aryl methyl sites for hydroxylation is 2. The number of hydrogen-bond donors (Lipinski definition) is 1. The molecule has 0 bridgehead atoms. The highest BCUT2D eigenvalue weighted by Crippen LogP contribution is 2.23. The lowest BCUT2D eigenvalue weighted by molar-refractivity contribution is 0.147. The van der Waals surface area contributed by atoms with Gasteiger partial charge in [0.25, 0.3) is 9.05 Å². The maximum atomic E-state index is 11.7. The average Bonchev–Trinajstić information content (AvgIpc) is 2.65. The van der Waals surface area contributed by atoms with Crippen molar-refractivity contribution in [3.05, 3.63) is 29.3 Å². The van der Waals surface area contributed by atoms with Crippen LogP contribution in [0.4, 0.5) is 0 Å². The van der Waals surface area contributed by atoms with Crippen LogP contribution in [0.15, 0.2) is 23.1 Å². The lowest BCUT2D eigenvalue weighted by atomic mass is 10.0. The molecule has 3 nitrogen and oxygen atoms in total. The van der Waals surface area contributed by atoms with Crippen LogP contribution in [0, 0.1) is 6.92 Å². The van der Waals surface area contributed by atoms with Crippen molar-refractivity contribution in [3.8, 4) is 0 Å². The fraction of sp³-hybridized carbons (Fsp3) is 0.750. The molecule has 168 valence electrons. The van der Waals surface area contributed by atoms with Crippen molar-refractivity contribution < 1.29 is 13.5 Å². The lowest BCUT2D eigenvalue weighted by Crippen LogP contribution is -2.05.